The van der Waals surface area contributed by atoms with E-state index in [0.29, 0.717) is 12.5 Å². The summed E-state index contributed by atoms with van der Waals surface area (Å²) in [5, 5.41) is 4.33. The second-order valence-corrected chi connectivity index (χ2v) is 7.09. The molecule has 2 aromatic heterocycles. The van der Waals surface area contributed by atoms with Gasteiger partial charge in [-0.2, -0.15) is 13.5 Å². The summed E-state index contributed by atoms with van der Waals surface area (Å²) in [5.74, 6) is 0.672. The highest BCUT2D eigenvalue weighted by molar-refractivity contribution is 7.92. The summed E-state index contributed by atoms with van der Waals surface area (Å²) in [6.45, 7) is 0.644. The average molecular weight is 307 g/mol. The van der Waals surface area contributed by atoms with Gasteiger partial charge in [0.25, 0.3) is 10.0 Å². The van der Waals surface area contributed by atoms with E-state index in [1.807, 2.05) is 0 Å². The van der Waals surface area contributed by atoms with Crippen molar-refractivity contribution in [2.24, 2.45) is 5.92 Å². The average Bonchev–Trinajstić information content (AvgIpc) is 2.92. The molecule has 7 nitrogen and oxygen atoms in total. The molecule has 0 amide bonds. The van der Waals surface area contributed by atoms with Crippen LogP contribution in [0.5, 0.6) is 0 Å². The van der Waals surface area contributed by atoms with E-state index >= 15 is 0 Å². The molecule has 0 radical (unpaired) electrons. The topological polar surface area (TPSA) is 81.0 Å². The molecule has 1 saturated carbocycles. The van der Waals surface area contributed by atoms with E-state index in [9.17, 15) is 8.42 Å². The highest BCUT2D eigenvalue weighted by Gasteiger charge is 2.28. The molecule has 0 unspecified atom stereocenters. The number of nitrogens with zero attached hydrogens (tertiary/aromatic N) is 5. The Morgan fingerprint density at radius 2 is 2.00 bits per heavy atom. The normalized spacial score (nSPS) is 15.7. The molecule has 0 atom stereocenters. The zero-order valence-corrected chi connectivity index (χ0v) is 12.6. The predicted octanol–water partition coefficient (Wildman–Crippen LogP) is 1.30. The van der Waals surface area contributed by atoms with Gasteiger partial charge in [-0.25, -0.2) is 14.3 Å². The first-order valence-electron chi connectivity index (χ1n) is 6.87. The van der Waals surface area contributed by atoms with Crippen molar-refractivity contribution in [2.75, 3.05) is 11.4 Å². The second-order valence-electron chi connectivity index (χ2n) is 5.17. The molecule has 112 valence electrons. The third-order valence-corrected chi connectivity index (χ3v) is 5.55. The van der Waals surface area contributed by atoms with Gasteiger partial charge in [-0.15, -0.1) is 0 Å². The maximum absolute atomic E-state index is 12.7. The Balaban J connectivity index is 1.89. The Kier molecular flexibility index (Phi) is 3.62. The molecule has 8 heteroatoms. The van der Waals surface area contributed by atoms with E-state index in [2.05, 4.69) is 15.1 Å². The van der Waals surface area contributed by atoms with Gasteiger partial charge in [0.05, 0.1) is 6.20 Å². The first-order valence-corrected chi connectivity index (χ1v) is 8.31. The van der Waals surface area contributed by atoms with Gasteiger partial charge in [-0.05, 0) is 30.9 Å². The van der Waals surface area contributed by atoms with Gasteiger partial charge in [-0.3, -0.25) is 4.68 Å². The van der Waals surface area contributed by atoms with Crippen LogP contribution in [0.4, 0.5) is 5.95 Å². The number of sulfonamides is 1. The Morgan fingerprint density at radius 3 is 2.62 bits per heavy atom. The summed E-state index contributed by atoms with van der Waals surface area (Å²) in [5.41, 5.74) is 0. The SMILES string of the molecule is CN(c1ncccn1)S(=O)(=O)c1ccnn1CC1CCC1. The zero-order chi connectivity index (χ0) is 14.9. The number of anilines is 1. The van der Waals surface area contributed by atoms with E-state index in [1.54, 1.807) is 10.7 Å². The van der Waals surface area contributed by atoms with Crippen molar-refractivity contribution in [2.45, 2.75) is 30.8 Å². The van der Waals surface area contributed by atoms with Gasteiger partial charge in [0.2, 0.25) is 5.95 Å². The number of hydrogen-bond donors (Lipinski definition) is 0. The minimum atomic E-state index is -3.70. The van der Waals surface area contributed by atoms with Gasteiger partial charge >= 0.3 is 0 Å². The second kappa shape index (κ2) is 5.44. The zero-order valence-electron chi connectivity index (χ0n) is 11.8. The summed E-state index contributed by atoms with van der Waals surface area (Å²) in [6, 6.07) is 3.16. The predicted molar refractivity (Wildman–Crippen MR) is 77.2 cm³/mol. The lowest BCUT2D eigenvalue weighted by Gasteiger charge is -2.26. The van der Waals surface area contributed by atoms with Gasteiger partial charge in [0.15, 0.2) is 5.03 Å². The molecular formula is C13H17N5O2S. The van der Waals surface area contributed by atoms with Crippen LogP contribution in [0.25, 0.3) is 0 Å². The standard InChI is InChI=1S/C13H17N5O2S/c1-17(13-14-7-3-8-15-13)21(19,20)12-6-9-16-18(12)10-11-4-2-5-11/h3,6-9,11H,2,4-5,10H2,1H3. The fourth-order valence-electron chi connectivity index (χ4n) is 2.30. The maximum atomic E-state index is 12.7. The maximum Gasteiger partial charge on any atom is 0.283 e. The fourth-order valence-corrected chi connectivity index (χ4v) is 3.51. The van der Waals surface area contributed by atoms with Crippen LogP contribution in [0.15, 0.2) is 35.7 Å². The smallest absolute Gasteiger partial charge is 0.252 e. The van der Waals surface area contributed by atoms with Crippen molar-refractivity contribution in [3.63, 3.8) is 0 Å². The minimum absolute atomic E-state index is 0.147. The van der Waals surface area contributed by atoms with Crippen molar-refractivity contribution < 1.29 is 8.42 Å². The van der Waals surface area contributed by atoms with Crippen LogP contribution in [0.3, 0.4) is 0 Å². The molecule has 2 aromatic rings. The largest absolute Gasteiger partial charge is 0.283 e. The minimum Gasteiger partial charge on any atom is -0.252 e. The van der Waals surface area contributed by atoms with Crippen molar-refractivity contribution in [3.8, 4) is 0 Å². The quantitative estimate of drug-likeness (QED) is 0.831. The molecule has 2 heterocycles. The fraction of sp³-hybridized carbons (Fsp3) is 0.462. The van der Waals surface area contributed by atoms with E-state index in [1.165, 1.54) is 38.1 Å². The van der Waals surface area contributed by atoms with Crippen LogP contribution in [0.2, 0.25) is 0 Å². The first kappa shape index (κ1) is 14.0. The van der Waals surface area contributed by atoms with Crippen LogP contribution in [0.1, 0.15) is 19.3 Å². The molecule has 0 spiro atoms. The summed E-state index contributed by atoms with van der Waals surface area (Å²) < 4.78 is 28.0. The highest BCUT2D eigenvalue weighted by Crippen LogP contribution is 2.29. The first-order chi connectivity index (χ1) is 10.1. The Bertz CT molecular complexity index is 709. The van der Waals surface area contributed by atoms with Crippen LogP contribution >= 0.6 is 0 Å². The summed E-state index contributed by atoms with van der Waals surface area (Å²) in [4.78, 5) is 7.96. The Morgan fingerprint density at radius 1 is 1.29 bits per heavy atom. The van der Waals surface area contributed by atoms with E-state index < -0.39 is 10.0 Å². The van der Waals surface area contributed by atoms with E-state index in [-0.39, 0.29) is 11.0 Å². The molecule has 1 aliphatic rings. The van der Waals surface area contributed by atoms with Gasteiger partial charge < -0.3 is 0 Å². The lowest BCUT2D eigenvalue weighted by Crippen LogP contribution is -2.31. The molecule has 21 heavy (non-hydrogen) atoms. The van der Waals surface area contributed by atoms with Gasteiger partial charge in [0.1, 0.15) is 0 Å². The van der Waals surface area contributed by atoms with E-state index in [0.717, 1.165) is 17.1 Å². The van der Waals surface area contributed by atoms with Crippen LogP contribution in [-0.4, -0.2) is 35.2 Å². The third-order valence-electron chi connectivity index (χ3n) is 3.79. The highest BCUT2D eigenvalue weighted by atomic mass is 32.2. The monoisotopic (exact) mass is 307 g/mol. The molecule has 1 aliphatic carbocycles. The van der Waals surface area contributed by atoms with E-state index in [4.69, 9.17) is 0 Å². The van der Waals surface area contributed by atoms with Crippen molar-refractivity contribution in [3.05, 3.63) is 30.7 Å². The van der Waals surface area contributed by atoms with Crippen molar-refractivity contribution in [1.29, 1.82) is 0 Å². The Hall–Kier alpha value is -1.96. The molecule has 0 aromatic carbocycles. The number of aromatic nitrogens is 4. The van der Waals surface area contributed by atoms with Crippen LogP contribution < -0.4 is 4.31 Å². The molecule has 0 bridgehead atoms. The summed E-state index contributed by atoms with van der Waals surface area (Å²) in [7, 11) is -2.25. The lowest BCUT2D eigenvalue weighted by atomic mass is 9.85. The summed E-state index contributed by atoms with van der Waals surface area (Å²) in [6.07, 6.45) is 8.03. The molecule has 3 rings (SSSR count). The van der Waals surface area contributed by atoms with Gasteiger partial charge in [-0.1, -0.05) is 6.42 Å². The van der Waals surface area contributed by atoms with Crippen molar-refractivity contribution in [1.82, 2.24) is 19.7 Å². The summed E-state index contributed by atoms with van der Waals surface area (Å²) >= 11 is 0. The van der Waals surface area contributed by atoms with Crippen molar-refractivity contribution >= 4 is 16.0 Å². The number of rotatable bonds is 5. The molecular weight excluding hydrogens is 290 g/mol. The third kappa shape index (κ3) is 2.63. The lowest BCUT2D eigenvalue weighted by molar-refractivity contribution is 0.258. The molecule has 0 aliphatic heterocycles. The molecule has 0 N–H and O–H groups in total. The molecule has 0 saturated heterocycles. The number of hydrogen-bond acceptors (Lipinski definition) is 5. The molecule has 1 fully saturated rings. The Labute approximate surface area is 123 Å². The van der Waals surface area contributed by atoms with Crippen LogP contribution in [-0.2, 0) is 16.6 Å². The van der Waals surface area contributed by atoms with Gasteiger partial charge in [0, 0.05) is 26.0 Å². The van der Waals surface area contributed by atoms with Crippen LogP contribution in [0, 0.1) is 5.92 Å².